The molecule has 0 atom stereocenters. The standard InChI is InChI=1S/C16H18/c1-14(12-15-8-4-2-5-9-15)13-16-10-6-3-7-11-16/h2-11,14H,12-13H2,1H3/i1D3,14D. The molecule has 0 saturated carbocycles. The van der Waals surface area contributed by atoms with E-state index < -0.39 is 12.7 Å². The number of benzene rings is 2. The minimum Gasteiger partial charge on any atom is -0.0622 e. The van der Waals surface area contributed by atoms with E-state index in [0.717, 1.165) is 11.1 Å². The molecule has 16 heavy (non-hydrogen) atoms. The van der Waals surface area contributed by atoms with Crippen molar-refractivity contribution >= 4 is 0 Å². The lowest BCUT2D eigenvalue weighted by atomic mass is 9.94. The zero-order valence-corrected chi connectivity index (χ0v) is 9.19. The van der Waals surface area contributed by atoms with E-state index in [2.05, 4.69) is 0 Å². The molecule has 0 saturated heterocycles. The van der Waals surface area contributed by atoms with Crippen LogP contribution in [-0.2, 0) is 12.8 Å². The topological polar surface area (TPSA) is 0 Å². The normalized spacial score (nSPS) is 15.8. The van der Waals surface area contributed by atoms with Crippen molar-refractivity contribution in [1.29, 1.82) is 0 Å². The molecule has 2 aromatic rings. The Bertz CT molecular complexity index is 490. The van der Waals surface area contributed by atoms with E-state index in [1.54, 1.807) is 0 Å². The number of hydrogen-bond donors (Lipinski definition) is 0. The van der Waals surface area contributed by atoms with Gasteiger partial charge in [-0.05, 0) is 29.9 Å². The van der Waals surface area contributed by atoms with Crippen molar-refractivity contribution in [3.8, 4) is 0 Å². The van der Waals surface area contributed by atoms with Crippen molar-refractivity contribution in [3.05, 3.63) is 71.8 Å². The third-order valence-corrected chi connectivity index (χ3v) is 2.52. The smallest absolute Gasteiger partial charge is 0.0307 e. The second kappa shape index (κ2) is 5.50. The monoisotopic (exact) mass is 214 g/mol. The van der Waals surface area contributed by atoms with Crippen molar-refractivity contribution in [3.63, 3.8) is 0 Å². The first kappa shape index (κ1) is 6.90. The molecular formula is C16H18. The average Bonchev–Trinajstić information content (AvgIpc) is 2.39. The lowest BCUT2D eigenvalue weighted by Gasteiger charge is -2.11. The van der Waals surface area contributed by atoms with Gasteiger partial charge in [-0.3, -0.25) is 0 Å². The molecule has 0 unspecified atom stereocenters. The average molecular weight is 214 g/mol. The van der Waals surface area contributed by atoms with Crippen LogP contribution in [0.1, 0.15) is 23.5 Å². The van der Waals surface area contributed by atoms with Gasteiger partial charge in [0.1, 0.15) is 0 Å². The summed E-state index contributed by atoms with van der Waals surface area (Å²) in [5, 5.41) is 0. The van der Waals surface area contributed by atoms with Gasteiger partial charge in [0.05, 0.1) is 0 Å². The second-order valence-electron chi connectivity index (χ2n) is 3.93. The summed E-state index contributed by atoms with van der Waals surface area (Å²) in [7, 11) is 0. The Morgan fingerprint density at radius 2 is 1.31 bits per heavy atom. The molecule has 0 radical (unpaired) electrons. The molecule has 0 heteroatoms. The van der Waals surface area contributed by atoms with E-state index in [9.17, 15) is 0 Å². The molecule has 0 aliphatic carbocycles. The maximum absolute atomic E-state index is 8.48. The van der Waals surface area contributed by atoms with Crippen LogP contribution in [0, 0.1) is 5.89 Å². The Morgan fingerprint density at radius 3 is 1.69 bits per heavy atom. The minimum atomic E-state index is -2.32. The van der Waals surface area contributed by atoms with E-state index in [0.29, 0.717) is 0 Å². The highest BCUT2D eigenvalue weighted by molar-refractivity contribution is 5.18. The van der Waals surface area contributed by atoms with Crippen LogP contribution in [0.25, 0.3) is 0 Å². The van der Waals surface area contributed by atoms with Crippen molar-refractivity contribution < 1.29 is 5.48 Å². The van der Waals surface area contributed by atoms with Crippen molar-refractivity contribution in [2.75, 3.05) is 0 Å². The molecule has 0 heterocycles. The first-order chi connectivity index (χ1) is 9.41. The molecule has 0 aliphatic heterocycles. The summed E-state index contributed by atoms with van der Waals surface area (Å²) >= 11 is 0. The van der Waals surface area contributed by atoms with Crippen LogP contribution in [0.4, 0.5) is 0 Å². The predicted molar refractivity (Wildman–Crippen MR) is 69.5 cm³/mol. The fraction of sp³-hybridized carbons (Fsp3) is 0.250. The van der Waals surface area contributed by atoms with Gasteiger partial charge in [0.25, 0.3) is 0 Å². The molecule has 0 N–H and O–H groups in total. The molecule has 0 aromatic heterocycles. The quantitative estimate of drug-likeness (QED) is 0.718. The second-order valence-corrected chi connectivity index (χ2v) is 3.93. The third-order valence-electron chi connectivity index (χ3n) is 2.52. The molecular weight excluding hydrogens is 192 g/mol. The SMILES string of the molecule is [2H]C([2H])([2H])C([2H])(Cc1ccccc1)Cc1ccccc1. The van der Waals surface area contributed by atoms with Gasteiger partial charge < -0.3 is 0 Å². The molecule has 2 rings (SSSR count). The summed E-state index contributed by atoms with van der Waals surface area (Å²) in [4.78, 5) is 0. The van der Waals surface area contributed by atoms with Crippen LogP contribution in [-0.4, -0.2) is 0 Å². The summed E-state index contributed by atoms with van der Waals surface area (Å²) in [6.07, 6.45) is 0.443. The van der Waals surface area contributed by atoms with Gasteiger partial charge in [0.15, 0.2) is 0 Å². The van der Waals surface area contributed by atoms with E-state index in [-0.39, 0.29) is 12.8 Å². The Morgan fingerprint density at radius 1 is 0.875 bits per heavy atom. The minimum absolute atomic E-state index is 0.221. The zero-order chi connectivity index (χ0) is 14.6. The fourth-order valence-electron chi connectivity index (χ4n) is 1.75. The lowest BCUT2D eigenvalue weighted by Crippen LogP contribution is -2.03. The maximum Gasteiger partial charge on any atom is 0.0307 e. The Balaban J connectivity index is 2.27. The third kappa shape index (κ3) is 3.23. The largest absolute Gasteiger partial charge is 0.0622 e. The van der Waals surface area contributed by atoms with Crippen LogP contribution >= 0.6 is 0 Å². The molecule has 2 aromatic carbocycles. The first-order valence-corrected chi connectivity index (χ1v) is 5.49. The van der Waals surface area contributed by atoms with Gasteiger partial charge in [-0.15, -0.1) is 0 Å². The van der Waals surface area contributed by atoms with Crippen molar-refractivity contribution in [2.24, 2.45) is 5.89 Å². The maximum atomic E-state index is 8.48. The number of rotatable bonds is 4. The Hall–Kier alpha value is -1.56. The summed E-state index contributed by atoms with van der Waals surface area (Å²) in [6.45, 7) is -2.32. The van der Waals surface area contributed by atoms with Gasteiger partial charge in [-0.2, -0.15) is 0 Å². The van der Waals surface area contributed by atoms with Crippen LogP contribution < -0.4 is 0 Å². The highest BCUT2D eigenvalue weighted by Crippen LogP contribution is 2.13. The molecule has 0 fully saturated rings. The fourth-order valence-corrected chi connectivity index (χ4v) is 1.75. The molecule has 0 aliphatic rings. The van der Waals surface area contributed by atoms with Gasteiger partial charge in [0.2, 0.25) is 0 Å². The molecule has 0 bridgehead atoms. The van der Waals surface area contributed by atoms with Gasteiger partial charge in [-0.25, -0.2) is 0 Å². The van der Waals surface area contributed by atoms with Crippen molar-refractivity contribution in [1.82, 2.24) is 0 Å². The predicted octanol–water partition coefficient (Wildman–Crippen LogP) is 4.11. The summed E-state index contributed by atoms with van der Waals surface area (Å²) in [5.41, 5.74) is 1.77. The lowest BCUT2D eigenvalue weighted by molar-refractivity contribution is 0.577. The van der Waals surface area contributed by atoms with Gasteiger partial charge >= 0.3 is 0 Å². The molecule has 0 spiro atoms. The van der Waals surface area contributed by atoms with Crippen LogP contribution in [0.2, 0.25) is 0 Å². The Kier molecular flexibility index (Phi) is 2.37. The van der Waals surface area contributed by atoms with Gasteiger partial charge in [-0.1, -0.05) is 67.5 Å². The van der Waals surface area contributed by atoms with E-state index >= 15 is 0 Å². The number of hydrogen-bond acceptors (Lipinski definition) is 0. The Labute approximate surface area is 104 Å². The van der Waals surface area contributed by atoms with Crippen LogP contribution in [0.15, 0.2) is 60.7 Å². The van der Waals surface area contributed by atoms with Crippen LogP contribution in [0.3, 0.4) is 0 Å². The molecule has 82 valence electrons. The summed E-state index contributed by atoms with van der Waals surface area (Å²) in [6, 6.07) is 18.8. The summed E-state index contributed by atoms with van der Waals surface area (Å²) in [5.74, 6) is -1.50. The van der Waals surface area contributed by atoms with Gasteiger partial charge in [0, 0.05) is 5.48 Å². The van der Waals surface area contributed by atoms with Crippen LogP contribution in [0.5, 0.6) is 0 Å². The summed E-state index contributed by atoms with van der Waals surface area (Å²) < 4.78 is 31.7. The van der Waals surface area contributed by atoms with Crippen molar-refractivity contribution in [2.45, 2.75) is 19.7 Å². The van der Waals surface area contributed by atoms with E-state index in [4.69, 9.17) is 5.48 Å². The van der Waals surface area contributed by atoms with E-state index in [1.807, 2.05) is 60.7 Å². The molecule has 0 amide bonds. The van der Waals surface area contributed by atoms with E-state index in [1.165, 1.54) is 0 Å². The first-order valence-electron chi connectivity index (χ1n) is 7.49. The highest BCUT2D eigenvalue weighted by Gasteiger charge is 2.04. The zero-order valence-electron chi connectivity index (χ0n) is 13.2. The highest BCUT2D eigenvalue weighted by atomic mass is 14.1. The molecule has 0 nitrogen and oxygen atoms in total.